The summed E-state index contributed by atoms with van der Waals surface area (Å²) in [6.07, 6.45) is 1.75. The van der Waals surface area contributed by atoms with E-state index in [1.807, 2.05) is 0 Å². The van der Waals surface area contributed by atoms with Gasteiger partial charge in [-0.25, -0.2) is 0 Å². The van der Waals surface area contributed by atoms with Crippen molar-refractivity contribution in [2.75, 3.05) is 0 Å². The third-order valence-electron chi connectivity index (χ3n) is 0.887. The molecule has 0 aromatic carbocycles. The summed E-state index contributed by atoms with van der Waals surface area (Å²) < 4.78 is 5.06. The Morgan fingerprint density at radius 3 is 3.00 bits per heavy atom. The maximum atomic E-state index is 8.10. The van der Waals surface area contributed by atoms with E-state index in [2.05, 4.69) is 6.07 Å². The molecule has 0 fully saturated rings. The first kappa shape index (κ1) is 7.88. The molecule has 0 atom stereocenters. The van der Waals surface area contributed by atoms with Crippen molar-refractivity contribution in [2.45, 2.75) is 18.9 Å². The molecule has 0 radical (unpaired) electrons. The fourth-order valence-corrected chi connectivity index (χ4v) is 2.06. The van der Waals surface area contributed by atoms with Gasteiger partial charge in [0.1, 0.15) is 20.2 Å². The Kier molecular flexibility index (Phi) is 6.78. The number of hydrogen-bond acceptors (Lipinski definition) is 2. The quantitative estimate of drug-likeness (QED) is 0.379. The second-order valence-corrected chi connectivity index (χ2v) is 5.03. The smallest absolute Gasteiger partial charge is 0.145 e. The molecule has 2 nitrogen and oxygen atoms in total. The maximum Gasteiger partial charge on any atom is 0.145 e. The first-order valence-electron chi connectivity index (χ1n) is 2.77. The van der Waals surface area contributed by atoms with Crippen molar-refractivity contribution in [3.8, 4) is 6.07 Å². The average molecular weight is 145 g/mol. The minimum Gasteiger partial charge on any atom is -0.468 e. The molecule has 0 amide bonds. The molecule has 0 aromatic rings. The Morgan fingerprint density at radius 1 is 1.75 bits per heavy atom. The van der Waals surface area contributed by atoms with Crippen molar-refractivity contribution < 1.29 is 4.12 Å². The molecule has 4 heteroatoms. The fourth-order valence-electron chi connectivity index (χ4n) is 0.450. The van der Waals surface area contributed by atoms with E-state index in [0.717, 1.165) is 16.9 Å². The minimum absolute atomic E-state index is 0.188. The second kappa shape index (κ2) is 6.88. The highest BCUT2D eigenvalue weighted by Gasteiger charge is 1.84. The zero-order valence-electron chi connectivity index (χ0n) is 5.18. The molecule has 0 saturated heterocycles. The van der Waals surface area contributed by atoms with Crippen LogP contribution < -0.4 is 0 Å². The van der Waals surface area contributed by atoms with Crippen LogP contribution in [0, 0.1) is 11.3 Å². The largest absolute Gasteiger partial charge is 0.468 e. The summed E-state index contributed by atoms with van der Waals surface area (Å²) in [4.78, 5) is 0. The summed E-state index contributed by atoms with van der Waals surface area (Å²) in [5, 5.41) is 8.10. The highest BCUT2D eigenvalue weighted by molar-refractivity contribution is 6.34. The van der Waals surface area contributed by atoms with Crippen molar-refractivity contribution >= 4 is 20.2 Å². The molecule has 8 heavy (non-hydrogen) atoms. The molecule has 0 bridgehead atoms. The maximum absolute atomic E-state index is 8.10. The summed E-state index contributed by atoms with van der Waals surface area (Å²) in [6, 6.07) is 3.28. The van der Waals surface area contributed by atoms with Crippen LogP contribution >= 0.6 is 0 Å². The van der Waals surface area contributed by atoms with E-state index in [9.17, 15) is 0 Å². The third kappa shape index (κ3) is 5.88. The first-order chi connectivity index (χ1) is 3.91. The van der Waals surface area contributed by atoms with Crippen LogP contribution in [0.1, 0.15) is 12.8 Å². The summed E-state index contributed by atoms with van der Waals surface area (Å²) in [5.74, 6) is 0. The van der Waals surface area contributed by atoms with Crippen molar-refractivity contribution in [3.05, 3.63) is 0 Å². The zero-order valence-corrected chi connectivity index (χ0v) is 8.60. The molecule has 0 spiro atoms. The normalized spacial score (nSPS) is 10.4. The van der Waals surface area contributed by atoms with Crippen molar-refractivity contribution in [1.29, 1.82) is 5.26 Å². The van der Waals surface area contributed by atoms with E-state index in [1.165, 1.54) is 6.04 Å². The summed E-state index contributed by atoms with van der Waals surface area (Å²) >= 11 is 0. The van der Waals surface area contributed by atoms with Gasteiger partial charge in [-0.3, -0.25) is 0 Å². The van der Waals surface area contributed by atoms with Gasteiger partial charge in [0.05, 0.1) is 6.07 Å². The Bertz CT molecular complexity index is 80.6. The Labute approximate surface area is 55.3 Å². The number of nitrogens with zero attached hydrogens (tertiary/aromatic N) is 1. The van der Waals surface area contributed by atoms with E-state index in [1.54, 1.807) is 0 Å². The average Bonchev–Trinajstić information content (AvgIpc) is 1.81. The van der Waals surface area contributed by atoms with Gasteiger partial charge in [-0.15, -0.1) is 0 Å². The topological polar surface area (TPSA) is 33.0 Å². The lowest BCUT2D eigenvalue weighted by atomic mass is 10.4. The molecular weight excluding hydrogens is 134 g/mol. The number of unbranched alkanes of at least 4 members (excludes halogenated alkanes) is 1. The predicted octanol–water partition coefficient (Wildman–Crippen LogP) is -0.911. The monoisotopic (exact) mass is 145 g/mol. The lowest BCUT2D eigenvalue weighted by Crippen LogP contribution is -1.92. The van der Waals surface area contributed by atoms with Crippen LogP contribution in [0.2, 0.25) is 6.04 Å². The van der Waals surface area contributed by atoms with Crippen LogP contribution in [0.3, 0.4) is 0 Å². The SMILES string of the molecule is N#CCCC[SiH2]O[SiH3]. The van der Waals surface area contributed by atoms with Crippen LogP contribution in [0.25, 0.3) is 0 Å². The second-order valence-electron chi connectivity index (χ2n) is 1.61. The zero-order chi connectivity index (χ0) is 6.24. The van der Waals surface area contributed by atoms with Crippen LogP contribution in [0.4, 0.5) is 0 Å². The van der Waals surface area contributed by atoms with Crippen LogP contribution in [-0.4, -0.2) is 20.2 Å². The van der Waals surface area contributed by atoms with E-state index in [0.29, 0.717) is 6.42 Å². The van der Waals surface area contributed by atoms with Gasteiger partial charge in [0, 0.05) is 6.42 Å². The molecule has 0 rings (SSSR count). The van der Waals surface area contributed by atoms with E-state index < -0.39 is 0 Å². The summed E-state index contributed by atoms with van der Waals surface area (Å²) in [7, 11) is 0.698. The molecule has 0 saturated carbocycles. The lowest BCUT2D eigenvalue weighted by molar-refractivity contribution is 0.655. The van der Waals surface area contributed by atoms with Gasteiger partial charge in [0.15, 0.2) is 0 Å². The third-order valence-corrected chi connectivity index (χ3v) is 3.31. The predicted molar refractivity (Wildman–Crippen MR) is 39.2 cm³/mol. The van der Waals surface area contributed by atoms with Gasteiger partial charge in [0.25, 0.3) is 0 Å². The Balaban J connectivity index is 2.65. The van der Waals surface area contributed by atoms with Gasteiger partial charge in [-0.05, 0) is 12.5 Å². The molecule has 0 unspecified atom stereocenters. The van der Waals surface area contributed by atoms with E-state index >= 15 is 0 Å². The van der Waals surface area contributed by atoms with Gasteiger partial charge in [-0.1, -0.05) is 0 Å². The molecule has 0 N–H and O–H groups in total. The van der Waals surface area contributed by atoms with E-state index in [4.69, 9.17) is 9.38 Å². The van der Waals surface area contributed by atoms with Gasteiger partial charge >= 0.3 is 0 Å². The molecule has 0 aliphatic rings. The Morgan fingerprint density at radius 2 is 2.50 bits per heavy atom. The molecule has 0 aliphatic heterocycles. The highest BCUT2D eigenvalue weighted by atomic mass is 28.3. The van der Waals surface area contributed by atoms with Crippen molar-refractivity contribution in [1.82, 2.24) is 0 Å². The molecule has 0 aliphatic carbocycles. The van der Waals surface area contributed by atoms with E-state index in [-0.39, 0.29) is 9.76 Å². The van der Waals surface area contributed by atoms with Crippen molar-refractivity contribution in [2.24, 2.45) is 0 Å². The number of hydrogen-bond donors (Lipinski definition) is 0. The van der Waals surface area contributed by atoms with Gasteiger partial charge in [0.2, 0.25) is 0 Å². The van der Waals surface area contributed by atoms with Crippen LogP contribution in [0.15, 0.2) is 0 Å². The first-order valence-corrected chi connectivity index (χ1v) is 5.17. The summed E-state index contributed by atoms with van der Waals surface area (Å²) in [5.41, 5.74) is 0. The molecular formula is C4H11NOSi2. The molecule has 0 heterocycles. The molecule has 46 valence electrons. The lowest BCUT2D eigenvalue weighted by Gasteiger charge is -1.91. The van der Waals surface area contributed by atoms with Crippen LogP contribution in [-0.2, 0) is 4.12 Å². The fraction of sp³-hybridized carbons (Fsp3) is 0.750. The van der Waals surface area contributed by atoms with Crippen LogP contribution in [0.5, 0.6) is 0 Å². The Hall–Kier alpha value is -0.116. The number of rotatable bonds is 4. The van der Waals surface area contributed by atoms with Crippen molar-refractivity contribution in [3.63, 3.8) is 0 Å². The molecule has 0 aromatic heterocycles. The highest BCUT2D eigenvalue weighted by Crippen LogP contribution is 1.91. The summed E-state index contributed by atoms with van der Waals surface area (Å²) in [6.45, 7) is 0. The van der Waals surface area contributed by atoms with Gasteiger partial charge < -0.3 is 4.12 Å². The number of nitriles is 1. The minimum atomic E-state index is -0.188. The van der Waals surface area contributed by atoms with Gasteiger partial charge in [-0.2, -0.15) is 5.26 Å². The standard InChI is InChI=1S/C4H11NOSi2/c5-3-1-2-4-8-6-7/h1-2,4,8H2,7H3.